The first-order valence-electron chi connectivity index (χ1n) is 6.63. The summed E-state index contributed by atoms with van der Waals surface area (Å²) in [7, 11) is 2.17. The van der Waals surface area contributed by atoms with E-state index in [9.17, 15) is 0 Å². The molecule has 0 aromatic heterocycles. The van der Waals surface area contributed by atoms with Gasteiger partial charge in [-0.1, -0.05) is 20.3 Å². The Morgan fingerprint density at radius 2 is 1.94 bits per heavy atom. The lowest BCUT2D eigenvalue weighted by Crippen LogP contribution is -2.40. The van der Waals surface area contributed by atoms with Gasteiger partial charge in [0, 0.05) is 19.1 Å². The number of likely N-dealkylation sites (N-methyl/N-ethyl adjacent to an activating group) is 2. The van der Waals surface area contributed by atoms with Crippen molar-refractivity contribution in [3.63, 3.8) is 0 Å². The van der Waals surface area contributed by atoms with E-state index in [-0.39, 0.29) is 0 Å². The monoisotopic (exact) mass is 230 g/mol. The standard InChI is InChI=1S/C13H30N2O/c1-6-8-13(14-7-2)11-15(5)9-10-16-12(3)4/h12-14H,6-11H2,1-5H3. The Morgan fingerprint density at radius 3 is 2.44 bits per heavy atom. The van der Waals surface area contributed by atoms with E-state index < -0.39 is 0 Å². The van der Waals surface area contributed by atoms with Crippen LogP contribution in [0.1, 0.15) is 40.5 Å². The van der Waals surface area contributed by atoms with Crippen molar-refractivity contribution >= 4 is 0 Å². The molecular formula is C13H30N2O. The zero-order valence-electron chi connectivity index (χ0n) is 11.8. The maximum Gasteiger partial charge on any atom is 0.0596 e. The van der Waals surface area contributed by atoms with Crippen molar-refractivity contribution in [2.75, 3.05) is 33.3 Å². The van der Waals surface area contributed by atoms with Crippen LogP contribution in [0.15, 0.2) is 0 Å². The molecule has 1 atom stereocenters. The highest BCUT2D eigenvalue weighted by molar-refractivity contribution is 4.69. The third-order valence-electron chi connectivity index (χ3n) is 2.59. The van der Waals surface area contributed by atoms with E-state index in [4.69, 9.17) is 4.74 Å². The van der Waals surface area contributed by atoms with Gasteiger partial charge in [0.1, 0.15) is 0 Å². The number of ether oxygens (including phenoxy) is 1. The number of rotatable bonds is 10. The van der Waals surface area contributed by atoms with Gasteiger partial charge < -0.3 is 15.0 Å². The first-order valence-corrected chi connectivity index (χ1v) is 6.63. The van der Waals surface area contributed by atoms with Crippen LogP contribution in [0.2, 0.25) is 0 Å². The summed E-state index contributed by atoms with van der Waals surface area (Å²) in [5.74, 6) is 0. The van der Waals surface area contributed by atoms with E-state index in [1.165, 1.54) is 12.8 Å². The minimum Gasteiger partial charge on any atom is -0.377 e. The van der Waals surface area contributed by atoms with E-state index in [1.54, 1.807) is 0 Å². The third-order valence-corrected chi connectivity index (χ3v) is 2.59. The zero-order chi connectivity index (χ0) is 12.4. The smallest absolute Gasteiger partial charge is 0.0596 e. The number of nitrogens with zero attached hydrogens (tertiary/aromatic N) is 1. The van der Waals surface area contributed by atoms with Crippen molar-refractivity contribution in [3.05, 3.63) is 0 Å². The molecule has 1 unspecified atom stereocenters. The lowest BCUT2D eigenvalue weighted by molar-refractivity contribution is 0.0621. The van der Waals surface area contributed by atoms with Gasteiger partial charge in [-0.05, 0) is 33.9 Å². The molecule has 1 N–H and O–H groups in total. The predicted octanol–water partition coefficient (Wildman–Crippen LogP) is 2.12. The van der Waals surface area contributed by atoms with Gasteiger partial charge >= 0.3 is 0 Å². The predicted molar refractivity (Wildman–Crippen MR) is 71.0 cm³/mol. The summed E-state index contributed by atoms with van der Waals surface area (Å²) >= 11 is 0. The lowest BCUT2D eigenvalue weighted by atomic mass is 10.1. The van der Waals surface area contributed by atoms with E-state index >= 15 is 0 Å². The summed E-state index contributed by atoms with van der Waals surface area (Å²) < 4.78 is 5.55. The number of hydrogen-bond donors (Lipinski definition) is 1. The Kier molecular flexibility index (Phi) is 9.99. The van der Waals surface area contributed by atoms with E-state index in [1.807, 2.05) is 0 Å². The molecule has 0 saturated heterocycles. The molecule has 0 fully saturated rings. The summed E-state index contributed by atoms with van der Waals surface area (Å²) in [6, 6.07) is 0.624. The van der Waals surface area contributed by atoms with Gasteiger partial charge in [-0.15, -0.1) is 0 Å². The van der Waals surface area contributed by atoms with Gasteiger partial charge in [0.2, 0.25) is 0 Å². The van der Waals surface area contributed by atoms with Crippen molar-refractivity contribution in [2.45, 2.75) is 52.7 Å². The van der Waals surface area contributed by atoms with Crippen molar-refractivity contribution in [1.29, 1.82) is 0 Å². The largest absolute Gasteiger partial charge is 0.377 e. The Labute approximate surface area is 102 Å². The van der Waals surface area contributed by atoms with Crippen LogP contribution in [0, 0.1) is 0 Å². The van der Waals surface area contributed by atoms with Crippen molar-refractivity contribution in [1.82, 2.24) is 10.2 Å². The maximum atomic E-state index is 5.55. The summed E-state index contributed by atoms with van der Waals surface area (Å²) in [5.41, 5.74) is 0. The van der Waals surface area contributed by atoms with Gasteiger partial charge in [0.25, 0.3) is 0 Å². The van der Waals surface area contributed by atoms with Crippen LogP contribution in [0.4, 0.5) is 0 Å². The van der Waals surface area contributed by atoms with Gasteiger partial charge in [0.15, 0.2) is 0 Å². The SMILES string of the molecule is CCCC(CN(C)CCOC(C)C)NCC. The molecule has 0 spiro atoms. The molecule has 98 valence electrons. The zero-order valence-corrected chi connectivity index (χ0v) is 11.8. The fraction of sp³-hybridized carbons (Fsp3) is 1.00. The Bertz CT molecular complexity index is 145. The van der Waals surface area contributed by atoms with Crippen LogP contribution in [-0.2, 0) is 4.74 Å². The van der Waals surface area contributed by atoms with E-state index in [0.717, 1.165) is 26.2 Å². The summed E-state index contributed by atoms with van der Waals surface area (Å²) in [6.07, 6.45) is 2.84. The first kappa shape index (κ1) is 15.9. The van der Waals surface area contributed by atoms with Gasteiger partial charge in [-0.25, -0.2) is 0 Å². The lowest BCUT2D eigenvalue weighted by Gasteiger charge is -2.24. The molecule has 0 amide bonds. The van der Waals surface area contributed by atoms with Crippen LogP contribution < -0.4 is 5.32 Å². The van der Waals surface area contributed by atoms with Crippen LogP contribution in [0.25, 0.3) is 0 Å². The Hall–Kier alpha value is -0.120. The molecule has 16 heavy (non-hydrogen) atoms. The Balaban J connectivity index is 3.67. The van der Waals surface area contributed by atoms with Crippen LogP contribution in [0.3, 0.4) is 0 Å². The van der Waals surface area contributed by atoms with E-state index in [2.05, 4.69) is 45.0 Å². The van der Waals surface area contributed by atoms with Gasteiger partial charge in [0.05, 0.1) is 12.7 Å². The molecule has 0 aliphatic heterocycles. The fourth-order valence-electron chi connectivity index (χ4n) is 1.81. The summed E-state index contributed by atoms with van der Waals surface area (Å²) in [4.78, 5) is 2.35. The van der Waals surface area contributed by atoms with Crippen LogP contribution >= 0.6 is 0 Å². The fourth-order valence-corrected chi connectivity index (χ4v) is 1.81. The van der Waals surface area contributed by atoms with Crippen molar-refractivity contribution < 1.29 is 4.74 Å². The molecule has 3 heteroatoms. The molecule has 0 aliphatic rings. The molecule has 0 rings (SSSR count). The maximum absolute atomic E-state index is 5.55. The highest BCUT2D eigenvalue weighted by Gasteiger charge is 2.09. The average Bonchev–Trinajstić information content (AvgIpc) is 2.17. The molecule has 0 radical (unpaired) electrons. The summed E-state index contributed by atoms with van der Waals surface area (Å²) in [5, 5.41) is 3.53. The second kappa shape index (κ2) is 10.1. The molecule has 0 aliphatic carbocycles. The molecule has 0 bridgehead atoms. The second-order valence-electron chi connectivity index (χ2n) is 4.73. The number of hydrogen-bond acceptors (Lipinski definition) is 3. The summed E-state index contributed by atoms with van der Waals surface area (Å²) in [6.45, 7) is 12.6. The van der Waals surface area contributed by atoms with Crippen molar-refractivity contribution in [2.24, 2.45) is 0 Å². The van der Waals surface area contributed by atoms with Crippen molar-refractivity contribution in [3.8, 4) is 0 Å². The van der Waals surface area contributed by atoms with Gasteiger partial charge in [-0.2, -0.15) is 0 Å². The minimum atomic E-state index is 0.341. The highest BCUT2D eigenvalue weighted by atomic mass is 16.5. The van der Waals surface area contributed by atoms with E-state index in [0.29, 0.717) is 12.1 Å². The third kappa shape index (κ3) is 9.13. The molecule has 3 nitrogen and oxygen atoms in total. The average molecular weight is 230 g/mol. The topological polar surface area (TPSA) is 24.5 Å². The minimum absolute atomic E-state index is 0.341. The molecule has 0 aromatic rings. The Morgan fingerprint density at radius 1 is 1.25 bits per heavy atom. The van der Waals surface area contributed by atoms with Crippen LogP contribution in [0.5, 0.6) is 0 Å². The molecule has 0 heterocycles. The van der Waals surface area contributed by atoms with Gasteiger partial charge in [-0.3, -0.25) is 0 Å². The quantitative estimate of drug-likeness (QED) is 0.622. The number of nitrogens with one attached hydrogen (secondary N) is 1. The molecular weight excluding hydrogens is 200 g/mol. The molecule has 0 saturated carbocycles. The second-order valence-corrected chi connectivity index (χ2v) is 4.73. The molecule has 0 aromatic carbocycles. The normalized spacial score (nSPS) is 13.7. The first-order chi connectivity index (χ1) is 7.60. The highest BCUT2D eigenvalue weighted by Crippen LogP contribution is 1.99. The van der Waals surface area contributed by atoms with Crippen LogP contribution in [-0.4, -0.2) is 50.3 Å².